The third kappa shape index (κ3) is 7.87. The fraction of sp³-hybridized carbons (Fsp3) is 0.0667. The summed E-state index contributed by atoms with van der Waals surface area (Å²) in [6.07, 6.45) is 0. The first-order chi connectivity index (χ1) is 21.0. The average Bonchev–Trinajstić information content (AvgIpc) is 3.00. The Labute approximate surface area is 279 Å². The molecule has 0 aliphatic rings. The second-order valence-corrected chi connectivity index (χ2v) is 10.9. The Morgan fingerprint density at radius 1 is 0.711 bits per heavy atom. The molecule has 1 radical (unpaired) electrons. The summed E-state index contributed by atoms with van der Waals surface area (Å²) in [6.45, 7) is 1.81. The van der Waals surface area contributed by atoms with Crippen LogP contribution in [-0.2, 0) is 10.1 Å². The molecule has 13 nitrogen and oxygen atoms in total. The van der Waals surface area contributed by atoms with E-state index in [2.05, 4.69) is 30.7 Å². The molecule has 45 heavy (non-hydrogen) atoms. The Morgan fingerprint density at radius 2 is 1.27 bits per heavy atom. The van der Waals surface area contributed by atoms with Gasteiger partial charge in [0.05, 0.1) is 45.8 Å². The van der Waals surface area contributed by atoms with Crippen LogP contribution in [0.4, 0.5) is 39.8 Å². The zero-order chi connectivity index (χ0) is 31.4. The van der Waals surface area contributed by atoms with Crippen LogP contribution in [0.3, 0.4) is 0 Å². The van der Waals surface area contributed by atoms with Crippen molar-refractivity contribution in [3.63, 3.8) is 0 Å². The van der Waals surface area contributed by atoms with Gasteiger partial charge in [-0.15, -0.1) is 10.2 Å². The number of fused-ring (bicyclic) bond motifs is 1. The van der Waals surface area contributed by atoms with Gasteiger partial charge >= 0.3 is 0 Å². The number of phenolic OH excluding ortho intramolecular Hbond substituents is 2. The number of benzene rings is 5. The van der Waals surface area contributed by atoms with Gasteiger partial charge in [-0.1, -0.05) is 6.07 Å². The summed E-state index contributed by atoms with van der Waals surface area (Å²) in [5, 5.41) is 45.8. The number of anilines is 1. The monoisotopic (exact) mass is 634 g/mol. The van der Waals surface area contributed by atoms with Crippen molar-refractivity contribution in [2.75, 3.05) is 12.8 Å². The minimum atomic E-state index is -4.54. The number of phenols is 2. The van der Waals surface area contributed by atoms with Crippen LogP contribution in [0.25, 0.3) is 10.8 Å². The van der Waals surface area contributed by atoms with Crippen molar-refractivity contribution >= 4 is 90.3 Å². The molecule has 0 amide bonds. The summed E-state index contributed by atoms with van der Waals surface area (Å²) in [7, 11) is -3.08. The largest absolute Gasteiger partial charge is 0.508 e. The number of hydrogen-bond acceptors (Lipinski definition) is 12. The van der Waals surface area contributed by atoms with Gasteiger partial charge in [-0.3, -0.25) is 4.55 Å². The van der Waals surface area contributed by atoms with Crippen LogP contribution < -0.4 is 10.5 Å². The summed E-state index contributed by atoms with van der Waals surface area (Å²) >= 11 is 0. The van der Waals surface area contributed by atoms with Crippen LogP contribution in [0, 0.1) is 6.92 Å². The van der Waals surface area contributed by atoms with Crippen LogP contribution >= 0.6 is 0 Å². The Bertz CT molecular complexity index is 2070. The molecule has 0 atom stereocenters. The van der Waals surface area contributed by atoms with Crippen molar-refractivity contribution < 1.29 is 27.9 Å². The number of hydrogen-bond donors (Lipinski definition) is 4. The van der Waals surface area contributed by atoms with Crippen LogP contribution in [0.2, 0.25) is 0 Å². The standard InChI is InChI=1S/C30H25N7O6S.Na/c1-17-13-26(36-37-30-24(31)12-3-18-14-23(44(40,41)42)15-27(39)29(18)30)28(43-2)16-25(17)35-34-20-6-4-19(5-7-20)32-33-21-8-10-22(38)11-9-21;/h3-16,38-39H,31H2,1-2H3,(H,40,41,42);. The molecule has 0 saturated carbocycles. The van der Waals surface area contributed by atoms with Crippen molar-refractivity contribution in [3.8, 4) is 17.2 Å². The number of azo groups is 3. The SMILES string of the molecule is COc1cc(N=Nc2ccc(N=Nc3ccc(O)cc3)cc2)c(C)cc1N=Nc1c(N)ccc2cc(S(=O)(=O)O)cc(O)c12.[Na]. The van der Waals surface area contributed by atoms with E-state index < -0.39 is 20.8 Å². The summed E-state index contributed by atoms with van der Waals surface area (Å²) in [5.41, 5.74) is 9.79. The third-order valence-corrected chi connectivity index (χ3v) is 7.21. The third-order valence-electron chi connectivity index (χ3n) is 6.38. The van der Waals surface area contributed by atoms with Gasteiger partial charge in [-0.2, -0.15) is 28.9 Å². The van der Waals surface area contributed by atoms with Gasteiger partial charge in [0, 0.05) is 41.7 Å². The van der Waals surface area contributed by atoms with Crippen molar-refractivity contribution in [2.24, 2.45) is 30.7 Å². The maximum Gasteiger partial charge on any atom is 0.294 e. The zero-order valence-electron chi connectivity index (χ0n) is 24.3. The van der Waals surface area contributed by atoms with E-state index in [1.807, 2.05) is 6.92 Å². The molecule has 0 heterocycles. The van der Waals surface area contributed by atoms with E-state index in [9.17, 15) is 23.2 Å². The summed E-state index contributed by atoms with van der Waals surface area (Å²) in [5.74, 6) is 0.0534. The predicted octanol–water partition coefficient (Wildman–Crippen LogP) is 8.26. The second-order valence-electron chi connectivity index (χ2n) is 9.46. The average molecular weight is 635 g/mol. The molecule has 0 aliphatic heterocycles. The molecule has 5 aromatic carbocycles. The molecule has 0 aromatic heterocycles. The van der Waals surface area contributed by atoms with Crippen molar-refractivity contribution in [2.45, 2.75) is 11.8 Å². The van der Waals surface area contributed by atoms with Crippen molar-refractivity contribution in [3.05, 3.63) is 90.5 Å². The Morgan fingerprint density at radius 3 is 1.84 bits per heavy atom. The Kier molecular flexibility index (Phi) is 10.3. The number of rotatable bonds is 8. The quantitative estimate of drug-likeness (QED) is 0.0568. The number of nitrogen functional groups attached to an aromatic ring is 1. The van der Waals surface area contributed by atoms with Gasteiger partial charge in [-0.25, -0.2) is 0 Å². The Balaban J connectivity index is 0.00000461. The molecule has 0 bridgehead atoms. The van der Waals surface area contributed by atoms with E-state index >= 15 is 0 Å². The summed E-state index contributed by atoms with van der Waals surface area (Å²) < 4.78 is 38.0. The number of aryl methyl sites for hydroxylation is 1. The predicted molar refractivity (Wildman–Crippen MR) is 170 cm³/mol. The molecule has 0 aliphatic carbocycles. The van der Waals surface area contributed by atoms with Gasteiger partial charge in [-0.05, 0) is 84.6 Å². The van der Waals surface area contributed by atoms with E-state index in [1.54, 1.807) is 48.5 Å². The molecular formula is C30H25N7NaO6S. The number of aromatic hydroxyl groups is 2. The fourth-order valence-corrected chi connectivity index (χ4v) is 4.66. The summed E-state index contributed by atoms with van der Waals surface area (Å²) in [4.78, 5) is -0.468. The maximum atomic E-state index is 11.6. The van der Waals surface area contributed by atoms with E-state index in [4.69, 9.17) is 10.5 Å². The van der Waals surface area contributed by atoms with Crippen LogP contribution in [0.1, 0.15) is 5.56 Å². The van der Waals surface area contributed by atoms with Crippen LogP contribution in [0.5, 0.6) is 17.2 Å². The molecule has 223 valence electrons. The smallest absolute Gasteiger partial charge is 0.294 e. The number of ether oxygens (including phenoxy) is 1. The van der Waals surface area contributed by atoms with Gasteiger partial charge in [0.25, 0.3) is 10.1 Å². The maximum absolute atomic E-state index is 11.6. The molecule has 5 aromatic rings. The molecule has 0 saturated heterocycles. The number of nitrogens with two attached hydrogens (primary N) is 1. The summed E-state index contributed by atoms with van der Waals surface area (Å²) in [6, 6.07) is 21.8. The minimum absolute atomic E-state index is 0. The van der Waals surface area contributed by atoms with Crippen LogP contribution in [0.15, 0.2) is 121 Å². The second kappa shape index (κ2) is 13.9. The number of nitrogens with zero attached hydrogens (tertiary/aromatic N) is 6. The van der Waals surface area contributed by atoms with E-state index in [1.165, 1.54) is 37.4 Å². The van der Waals surface area contributed by atoms with E-state index in [0.29, 0.717) is 39.7 Å². The topological polar surface area (TPSA) is 204 Å². The van der Waals surface area contributed by atoms with Gasteiger partial charge in [0.15, 0.2) is 0 Å². The molecule has 0 fully saturated rings. The van der Waals surface area contributed by atoms with Gasteiger partial charge < -0.3 is 20.7 Å². The molecule has 0 spiro atoms. The molecular weight excluding hydrogens is 609 g/mol. The molecule has 5 N–H and O–H groups in total. The molecule has 15 heteroatoms. The Hall–Kier alpha value is -4.73. The first-order valence-corrected chi connectivity index (χ1v) is 14.3. The van der Waals surface area contributed by atoms with Crippen molar-refractivity contribution in [1.82, 2.24) is 0 Å². The van der Waals surface area contributed by atoms with Gasteiger partial charge in [0.1, 0.15) is 28.6 Å². The zero-order valence-corrected chi connectivity index (χ0v) is 27.1. The number of methoxy groups -OCH3 is 1. The van der Waals surface area contributed by atoms with Crippen molar-refractivity contribution in [1.29, 1.82) is 0 Å². The minimum Gasteiger partial charge on any atom is -0.508 e. The molecule has 5 rings (SSSR count). The van der Waals surface area contributed by atoms with E-state index in [0.717, 1.165) is 6.07 Å². The molecule has 0 unspecified atom stereocenters. The fourth-order valence-electron chi connectivity index (χ4n) is 4.12. The van der Waals surface area contributed by atoms with E-state index in [-0.39, 0.29) is 57.5 Å². The first-order valence-electron chi connectivity index (χ1n) is 12.9. The van der Waals surface area contributed by atoms with Crippen LogP contribution in [-0.4, -0.2) is 59.9 Å². The first kappa shape index (κ1) is 33.2. The normalized spacial score (nSPS) is 11.9. The van der Waals surface area contributed by atoms with Gasteiger partial charge in [0.2, 0.25) is 0 Å².